The van der Waals surface area contributed by atoms with Gasteiger partial charge in [-0.2, -0.15) is 0 Å². The van der Waals surface area contributed by atoms with E-state index in [9.17, 15) is 13.2 Å². The molecule has 0 saturated heterocycles. The molecule has 1 heterocycles. The van der Waals surface area contributed by atoms with Crippen LogP contribution in [0.15, 0.2) is 46.9 Å². The molecule has 7 nitrogen and oxygen atoms in total. The lowest BCUT2D eigenvalue weighted by molar-refractivity contribution is -0.114. The van der Waals surface area contributed by atoms with E-state index in [1.165, 1.54) is 0 Å². The molecule has 0 spiro atoms. The highest BCUT2D eigenvalue weighted by molar-refractivity contribution is 9.10. The Balaban J connectivity index is 1.80. The Labute approximate surface area is 160 Å². The number of anilines is 2. The van der Waals surface area contributed by atoms with Crippen LogP contribution in [0, 0.1) is 0 Å². The maximum absolute atomic E-state index is 12.3. The number of hydrogen-bond acceptors (Lipinski definition) is 5. The van der Waals surface area contributed by atoms with Crippen molar-refractivity contribution >= 4 is 43.2 Å². The van der Waals surface area contributed by atoms with E-state index in [0.29, 0.717) is 36.1 Å². The minimum absolute atomic E-state index is 0.336. The first-order valence-electron chi connectivity index (χ1n) is 7.76. The van der Waals surface area contributed by atoms with E-state index in [1.54, 1.807) is 42.5 Å². The highest BCUT2D eigenvalue weighted by Crippen LogP contribution is 2.34. The molecule has 138 valence electrons. The van der Waals surface area contributed by atoms with Gasteiger partial charge in [0.15, 0.2) is 11.5 Å². The molecule has 3 rings (SSSR count). The summed E-state index contributed by atoms with van der Waals surface area (Å²) >= 11 is 3.32. The maximum atomic E-state index is 12.3. The van der Waals surface area contributed by atoms with Crippen LogP contribution in [-0.4, -0.2) is 40.3 Å². The minimum Gasteiger partial charge on any atom is -0.486 e. The number of benzene rings is 2. The third-order valence-electron chi connectivity index (χ3n) is 3.63. The Kier molecular flexibility index (Phi) is 5.38. The van der Waals surface area contributed by atoms with Crippen LogP contribution in [0.2, 0.25) is 0 Å². The van der Waals surface area contributed by atoms with Gasteiger partial charge in [-0.05, 0) is 36.4 Å². The summed E-state index contributed by atoms with van der Waals surface area (Å²) in [6, 6.07) is 11.8. The van der Waals surface area contributed by atoms with Crippen molar-refractivity contribution in [1.29, 1.82) is 0 Å². The molecule has 1 amide bonds. The normalized spacial score (nSPS) is 13.2. The summed E-state index contributed by atoms with van der Waals surface area (Å²) in [6.07, 6.45) is 1.05. The zero-order valence-corrected chi connectivity index (χ0v) is 16.3. The lowest BCUT2D eigenvalue weighted by Crippen LogP contribution is -2.37. The summed E-state index contributed by atoms with van der Waals surface area (Å²) in [4.78, 5) is 12.3. The van der Waals surface area contributed by atoms with Crippen molar-refractivity contribution in [3.63, 3.8) is 0 Å². The number of nitrogens with zero attached hydrogens (tertiary/aromatic N) is 1. The van der Waals surface area contributed by atoms with Crippen molar-refractivity contribution in [3.8, 4) is 11.5 Å². The minimum atomic E-state index is -3.67. The molecule has 9 heteroatoms. The van der Waals surface area contributed by atoms with E-state index in [2.05, 4.69) is 21.2 Å². The maximum Gasteiger partial charge on any atom is 0.245 e. The lowest BCUT2D eigenvalue weighted by Gasteiger charge is -2.24. The molecule has 1 N–H and O–H groups in total. The fraction of sp³-hybridized carbons (Fsp3) is 0.235. The summed E-state index contributed by atoms with van der Waals surface area (Å²) in [5, 5.41) is 2.68. The molecule has 0 radical (unpaired) electrons. The third kappa shape index (κ3) is 4.47. The number of carbonyl (C=O) groups excluding carboxylic acids is 1. The van der Waals surface area contributed by atoms with Crippen LogP contribution >= 0.6 is 15.9 Å². The van der Waals surface area contributed by atoms with Crippen LogP contribution in [0.5, 0.6) is 11.5 Å². The van der Waals surface area contributed by atoms with Crippen molar-refractivity contribution < 1.29 is 22.7 Å². The number of halogens is 1. The molecule has 0 bridgehead atoms. The molecule has 2 aromatic rings. The van der Waals surface area contributed by atoms with Gasteiger partial charge in [0.25, 0.3) is 0 Å². The predicted octanol–water partition coefficient (Wildman–Crippen LogP) is 2.62. The van der Waals surface area contributed by atoms with Crippen molar-refractivity contribution in [1.82, 2.24) is 0 Å². The zero-order valence-electron chi connectivity index (χ0n) is 13.9. The fourth-order valence-corrected chi connectivity index (χ4v) is 3.56. The van der Waals surface area contributed by atoms with Gasteiger partial charge in [-0.3, -0.25) is 9.10 Å². The number of rotatable bonds is 5. The van der Waals surface area contributed by atoms with Crippen LogP contribution in [0.4, 0.5) is 11.4 Å². The summed E-state index contributed by atoms with van der Waals surface area (Å²) in [6.45, 7) is 0.478. The van der Waals surface area contributed by atoms with Gasteiger partial charge in [-0.1, -0.05) is 15.9 Å². The molecule has 0 unspecified atom stereocenters. The van der Waals surface area contributed by atoms with Gasteiger partial charge in [-0.15, -0.1) is 0 Å². The van der Waals surface area contributed by atoms with Gasteiger partial charge in [0.2, 0.25) is 15.9 Å². The third-order valence-corrected chi connectivity index (χ3v) is 5.30. The molecule has 1 aliphatic rings. The summed E-state index contributed by atoms with van der Waals surface area (Å²) < 4.78 is 37.2. The Hall–Kier alpha value is -2.26. The van der Waals surface area contributed by atoms with Crippen molar-refractivity contribution in [2.75, 3.05) is 35.6 Å². The van der Waals surface area contributed by atoms with E-state index in [0.717, 1.165) is 15.0 Å². The van der Waals surface area contributed by atoms with Gasteiger partial charge in [0.1, 0.15) is 19.8 Å². The van der Waals surface area contributed by atoms with Gasteiger partial charge in [0, 0.05) is 16.2 Å². The van der Waals surface area contributed by atoms with E-state index < -0.39 is 15.9 Å². The van der Waals surface area contributed by atoms with Gasteiger partial charge in [0.05, 0.1) is 11.9 Å². The Morgan fingerprint density at radius 3 is 2.42 bits per heavy atom. The molecule has 0 fully saturated rings. The highest BCUT2D eigenvalue weighted by Gasteiger charge is 2.23. The van der Waals surface area contributed by atoms with Crippen LogP contribution in [0.1, 0.15) is 0 Å². The van der Waals surface area contributed by atoms with Gasteiger partial charge in [-0.25, -0.2) is 8.42 Å². The Morgan fingerprint density at radius 1 is 1.12 bits per heavy atom. The number of hydrogen-bond donors (Lipinski definition) is 1. The first kappa shape index (κ1) is 18.5. The van der Waals surface area contributed by atoms with E-state index in [4.69, 9.17) is 9.47 Å². The molecule has 0 aromatic heterocycles. The number of fused-ring (bicyclic) bond motifs is 1. The monoisotopic (exact) mass is 440 g/mol. The Bertz CT molecular complexity index is 915. The largest absolute Gasteiger partial charge is 0.486 e. The average Bonchev–Trinajstić information content (AvgIpc) is 2.60. The summed E-state index contributed by atoms with van der Waals surface area (Å²) in [7, 11) is -3.67. The smallest absolute Gasteiger partial charge is 0.245 e. The second kappa shape index (κ2) is 7.55. The SMILES string of the molecule is CS(=O)(=O)N(CC(=O)Nc1ccc(Br)cc1)c1ccc2c(c1)OCCO2. The predicted molar refractivity (Wildman–Crippen MR) is 102 cm³/mol. The number of carbonyl (C=O) groups is 1. The van der Waals surface area contributed by atoms with E-state index in [1.807, 2.05) is 0 Å². The first-order chi connectivity index (χ1) is 12.3. The zero-order chi connectivity index (χ0) is 18.7. The highest BCUT2D eigenvalue weighted by atomic mass is 79.9. The topological polar surface area (TPSA) is 84.9 Å². The van der Waals surface area contributed by atoms with Gasteiger partial charge >= 0.3 is 0 Å². The molecule has 1 aliphatic heterocycles. The average molecular weight is 441 g/mol. The molecule has 0 aliphatic carbocycles. The van der Waals surface area contributed by atoms with Crippen molar-refractivity contribution in [3.05, 3.63) is 46.9 Å². The lowest BCUT2D eigenvalue weighted by atomic mass is 10.2. The first-order valence-corrected chi connectivity index (χ1v) is 10.4. The summed E-state index contributed by atoms with van der Waals surface area (Å²) in [5.74, 6) is 0.552. The number of nitrogens with one attached hydrogen (secondary N) is 1. The van der Waals surface area contributed by atoms with E-state index >= 15 is 0 Å². The van der Waals surface area contributed by atoms with E-state index in [-0.39, 0.29) is 6.54 Å². The van der Waals surface area contributed by atoms with Crippen LogP contribution in [0.25, 0.3) is 0 Å². The standard InChI is InChI=1S/C17H17BrN2O5S/c1-26(22,23)20(11-17(21)19-13-4-2-12(18)3-5-13)14-6-7-15-16(10-14)25-9-8-24-15/h2-7,10H,8-9,11H2,1H3,(H,19,21). The molecule has 0 saturated carbocycles. The van der Waals surface area contributed by atoms with Crippen LogP contribution in [0.3, 0.4) is 0 Å². The van der Waals surface area contributed by atoms with Crippen LogP contribution in [-0.2, 0) is 14.8 Å². The second-order valence-electron chi connectivity index (χ2n) is 5.65. The summed E-state index contributed by atoms with van der Waals surface area (Å²) in [5.41, 5.74) is 0.913. The van der Waals surface area contributed by atoms with Crippen LogP contribution < -0.4 is 19.1 Å². The Morgan fingerprint density at radius 2 is 1.77 bits per heavy atom. The number of amides is 1. The molecular formula is C17H17BrN2O5S. The molecule has 0 atom stereocenters. The molecule has 2 aromatic carbocycles. The van der Waals surface area contributed by atoms with Gasteiger partial charge < -0.3 is 14.8 Å². The number of ether oxygens (including phenoxy) is 2. The quantitative estimate of drug-likeness (QED) is 0.772. The fourth-order valence-electron chi connectivity index (χ4n) is 2.45. The molecule has 26 heavy (non-hydrogen) atoms. The van der Waals surface area contributed by atoms with Crippen molar-refractivity contribution in [2.24, 2.45) is 0 Å². The molecular weight excluding hydrogens is 424 g/mol. The second-order valence-corrected chi connectivity index (χ2v) is 8.48. The van der Waals surface area contributed by atoms with Crippen molar-refractivity contribution in [2.45, 2.75) is 0 Å². The number of sulfonamides is 1.